The van der Waals surface area contributed by atoms with Crippen molar-refractivity contribution in [3.8, 4) is 0 Å². The van der Waals surface area contributed by atoms with Crippen molar-refractivity contribution in [1.82, 2.24) is 4.90 Å². The van der Waals surface area contributed by atoms with Gasteiger partial charge in [-0.1, -0.05) is 53.7 Å². The van der Waals surface area contributed by atoms with Gasteiger partial charge in [-0.2, -0.15) is 0 Å². The first-order valence-electron chi connectivity index (χ1n) is 9.75. The lowest BCUT2D eigenvalue weighted by Gasteiger charge is -2.27. The average Bonchev–Trinajstić information content (AvgIpc) is 3.19. The predicted molar refractivity (Wildman–Crippen MR) is 111 cm³/mol. The number of aliphatic hydroxyl groups excluding tert-OH is 1. The van der Waals surface area contributed by atoms with E-state index in [2.05, 4.69) is 16.6 Å². The number of oxime groups is 1. The fraction of sp³-hybridized carbons (Fsp3) is 0.348. The Hall–Kier alpha value is -2.54. The maximum atomic E-state index is 13.2. The second-order valence-corrected chi connectivity index (χ2v) is 7.14. The molecule has 2 atom stereocenters. The minimum atomic E-state index is -0.647. The zero-order valence-corrected chi connectivity index (χ0v) is 16.4. The molecule has 0 fully saturated rings. The van der Waals surface area contributed by atoms with E-state index in [1.807, 2.05) is 30.3 Å². The van der Waals surface area contributed by atoms with Crippen LogP contribution in [-0.2, 0) is 16.1 Å². The maximum absolute atomic E-state index is 13.2. The van der Waals surface area contributed by atoms with Crippen LogP contribution in [0.3, 0.4) is 0 Å². The van der Waals surface area contributed by atoms with Crippen LogP contribution < -0.4 is 0 Å². The summed E-state index contributed by atoms with van der Waals surface area (Å²) in [6, 6.07) is 16.4. The van der Waals surface area contributed by atoms with Crippen molar-refractivity contribution in [1.29, 1.82) is 0 Å². The van der Waals surface area contributed by atoms with Gasteiger partial charge < -0.3 is 14.7 Å². The monoisotopic (exact) mass is 398 g/mol. The molecule has 0 aromatic heterocycles. The molecule has 5 nitrogen and oxygen atoms in total. The van der Waals surface area contributed by atoms with E-state index < -0.39 is 6.10 Å². The van der Waals surface area contributed by atoms with Gasteiger partial charge in [-0.15, -0.1) is 6.58 Å². The van der Waals surface area contributed by atoms with Gasteiger partial charge in [0.1, 0.15) is 11.9 Å². The number of hydrogen-bond acceptors (Lipinski definition) is 5. The normalized spacial score (nSPS) is 17.1. The number of hydrogen-bond donors (Lipinski definition) is 1. The molecule has 2 aromatic rings. The molecule has 1 N–H and O–H groups in total. The van der Waals surface area contributed by atoms with Crippen molar-refractivity contribution in [2.24, 2.45) is 5.16 Å². The highest BCUT2D eigenvalue weighted by atomic mass is 19.1. The summed E-state index contributed by atoms with van der Waals surface area (Å²) >= 11 is 0. The quantitative estimate of drug-likeness (QED) is 0.466. The second kappa shape index (κ2) is 10.9. The molecule has 0 spiro atoms. The zero-order valence-electron chi connectivity index (χ0n) is 16.4. The van der Waals surface area contributed by atoms with E-state index in [1.54, 1.807) is 18.2 Å². The van der Waals surface area contributed by atoms with Crippen LogP contribution >= 0.6 is 0 Å². The number of aliphatic hydroxyl groups is 1. The minimum absolute atomic E-state index is 0.105. The molecule has 3 rings (SSSR count). The Balaban J connectivity index is 1.60. The summed E-state index contributed by atoms with van der Waals surface area (Å²) in [5.74, 6) is -0.266. The van der Waals surface area contributed by atoms with Crippen LogP contribution in [-0.4, -0.2) is 54.2 Å². The molecule has 154 valence electrons. The van der Waals surface area contributed by atoms with E-state index >= 15 is 0 Å². The Bertz CT molecular complexity index is 796. The van der Waals surface area contributed by atoms with Crippen LogP contribution in [0.4, 0.5) is 4.39 Å². The molecular weight excluding hydrogens is 371 g/mol. The largest absolute Gasteiger partial charge is 0.390 e. The lowest BCUT2D eigenvalue weighted by atomic mass is 10.0. The average molecular weight is 398 g/mol. The van der Waals surface area contributed by atoms with E-state index in [4.69, 9.17) is 9.57 Å². The summed E-state index contributed by atoms with van der Waals surface area (Å²) in [5.41, 5.74) is 2.94. The molecule has 29 heavy (non-hydrogen) atoms. The number of benzene rings is 2. The van der Waals surface area contributed by atoms with Crippen LogP contribution in [0.2, 0.25) is 0 Å². The van der Waals surface area contributed by atoms with Gasteiger partial charge in [-0.3, -0.25) is 4.90 Å². The second-order valence-electron chi connectivity index (χ2n) is 7.14. The van der Waals surface area contributed by atoms with Crippen molar-refractivity contribution in [2.75, 3.05) is 26.3 Å². The number of ether oxygens (including phenoxy) is 1. The summed E-state index contributed by atoms with van der Waals surface area (Å²) in [6.07, 6.45) is 1.60. The van der Waals surface area contributed by atoms with Gasteiger partial charge in [0, 0.05) is 26.1 Å². The van der Waals surface area contributed by atoms with Gasteiger partial charge in [-0.25, -0.2) is 4.39 Å². The van der Waals surface area contributed by atoms with Crippen molar-refractivity contribution in [2.45, 2.75) is 25.2 Å². The summed E-state index contributed by atoms with van der Waals surface area (Å²) in [7, 11) is 0. The smallest absolute Gasteiger partial charge is 0.145 e. The SMILES string of the molecule is C=CCOC[C@@H](O)CN(Cc1ccc(F)cc1)C[C@@H]1CC(c2ccccc2)=NO1. The fourth-order valence-electron chi connectivity index (χ4n) is 3.31. The lowest BCUT2D eigenvalue weighted by Crippen LogP contribution is -2.39. The van der Waals surface area contributed by atoms with E-state index in [1.165, 1.54) is 12.1 Å². The molecule has 1 heterocycles. The first-order valence-corrected chi connectivity index (χ1v) is 9.75. The molecule has 1 aliphatic heterocycles. The highest BCUT2D eigenvalue weighted by Gasteiger charge is 2.25. The molecule has 0 unspecified atom stereocenters. The highest BCUT2D eigenvalue weighted by molar-refractivity contribution is 6.01. The van der Waals surface area contributed by atoms with Crippen molar-refractivity contribution >= 4 is 5.71 Å². The Labute approximate surface area is 171 Å². The maximum Gasteiger partial charge on any atom is 0.145 e. The summed E-state index contributed by atoms with van der Waals surface area (Å²) in [4.78, 5) is 7.73. The topological polar surface area (TPSA) is 54.3 Å². The first kappa shape index (κ1) is 21.2. The molecule has 1 aliphatic rings. The zero-order chi connectivity index (χ0) is 20.5. The third kappa shape index (κ3) is 6.78. The summed E-state index contributed by atoms with van der Waals surface area (Å²) < 4.78 is 18.6. The van der Waals surface area contributed by atoms with Gasteiger partial charge in [0.2, 0.25) is 0 Å². The molecule has 0 saturated heterocycles. The third-order valence-electron chi connectivity index (χ3n) is 4.64. The van der Waals surface area contributed by atoms with Crippen LogP contribution in [0.1, 0.15) is 17.5 Å². The van der Waals surface area contributed by atoms with Gasteiger partial charge in [0.15, 0.2) is 0 Å². The van der Waals surface area contributed by atoms with E-state index in [0.717, 1.165) is 16.8 Å². The Morgan fingerprint density at radius 2 is 2.00 bits per heavy atom. The van der Waals surface area contributed by atoms with Crippen LogP contribution in [0.25, 0.3) is 0 Å². The van der Waals surface area contributed by atoms with Gasteiger partial charge in [0.25, 0.3) is 0 Å². The number of nitrogens with zero attached hydrogens (tertiary/aromatic N) is 2. The summed E-state index contributed by atoms with van der Waals surface area (Å²) in [6.45, 7) is 5.80. The third-order valence-corrected chi connectivity index (χ3v) is 4.64. The lowest BCUT2D eigenvalue weighted by molar-refractivity contribution is 0.00335. The van der Waals surface area contributed by atoms with Crippen molar-refractivity contribution in [3.63, 3.8) is 0 Å². The van der Waals surface area contributed by atoms with E-state index in [9.17, 15) is 9.50 Å². The Morgan fingerprint density at radius 1 is 1.24 bits per heavy atom. The fourth-order valence-corrected chi connectivity index (χ4v) is 3.31. The van der Waals surface area contributed by atoms with Gasteiger partial charge in [-0.05, 0) is 23.3 Å². The standard InChI is InChI=1S/C23H27FN2O3/c1-2-12-28-17-21(27)15-26(14-18-8-10-20(24)11-9-18)16-22-13-23(25-29-22)19-6-4-3-5-7-19/h2-11,21-22,27H,1,12-17H2/t21-,22-/m0/s1. The minimum Gasteiger partial charge on any atom is -0.390 e. The first-order chi connectivity index (χ1) is 14.1. The summed E-state index contributed by atoms with van der Waals surface area (Å²) in [5, 5.41) is 14.6. The molecule has 0 aliphatic carbocycles. The highest BCUT2D eigenvalue weighted by Crippen LogP contribution is 2.19. The molecule has 0 amide bonds. The number of halogens is 1. The molecule has 0 radical (unpaired) electrons. The Kier molecular flexibility index (Phi) is 7.93. The number of rotatable bonds is 11. The molecule has 0 bridgehead atoms. The van der Waals surface area contributed by atoms with Crippen LogP contribution in [0.5, 0.6) is 0 Å². The van der Waals surface area contributed by atoms with Crippen LogP contribution in [0.15, 0.2) is 72.4 Å². The molecule has 0 saturated carbocycles. The van der Waals surface area contributed by atoms with Gasteiger partial charge >= 0.3 is 0 Å². The Morgan fingerprint density at radius 3 is 2.72 bits per heavy atom. The van der Waals surface area contributed by atoms with E-state index in [0.29, 0.717) is 32.7 Å². The predicted octanol–water partition coefficient (Wildman–Crippen LogP) is 3.38. The molecule has 2 aromatic carbocycles. The molecule has 6 heteroatoms. The van der Waals surface area contributed by atoms with Crippen molar-refractivity contribution in [3.05, 3.63) is 84.2 Å². The van der Waals surface area contributed by atoms with Crippen molar-refractivity contribution < 1.29 is 19.1 Å². The van der Waals surface area contributed by atoms with Crippen LogP contribution in [0, 0.1) is 5.82 Å². The molecular formula is C23H27FN2O3. The van der Waals surface area contributed by atoms with E-state index in [-0.39, 0.29) is 18.5 Å². The van der Waals surface area contributed by atoms with Gasteiger partial charge in [0.05, 0.1) is 25.0 Å².